The normalized spacial score (nSPS) is 24.6. The molecule has 1 aliphatic heterocycles. The molecule has 2 saturated carbocycles. The molecule has 3 heterocycles. The highest BCUT2D eigenvalue weighted by Crippen LogP contribution is 2.38. The van der Waals surface area contributed by atoms with E-state index in [1.54, 1.807) is 0 Å². The summed E-state index contributed by atoms with van der Waals surface area (Å²) in [4.78, 5) is 17.5. The van der Waals surface area contributed by atoms with E-state index in [4.69, 9.17) is 19.7 Å². The molecule has 0 amide bonds. The van der Waals surface area contributed by atoms with Crippen molar-refractivity contribution in [2.45, 2.75) is 77.4 Å². The first-order chi connectivity index (χ1) is 19.6. The van der Waals surface area contributed by atoms with E-state index < -0.39 is 0 Å². The van der Waals surface area contributed by atoms with Crippen molar-refractivity contribution in [3.63, 3.8) is 0 Å². The number of aromatic nitrogens is 4. The molecule has 3 aliphatic rings. The van der Waals surface area contributed by atoms with Crippen LogP contribution in [0.4, 0.5) is 17.7 Å². The molecule has 6 rings (SSSR count). The second-order valence-electron chi connectivity index (χ2n) is 12.2. The van der Waals surface area contributed by atoms with Gasteiger partial charge in [-0.05, 0) is 55.9 Å². The van der Waals surface area contributed by atoms with Gasteiger partial charge >= 0.3 is 0 Å². The highest BCUT2D eigenvalue weighted by Gasteiger charge is 2.33. The van der Waals surface area contributed by atoms with Gasteiger partial charge in [0, 0.05) is 25.7 Å². The van der Waals surface area contributed by atoms with E-state index in [0.29, 0.717) is 49.2 Å². The number of ether oxygens (including phenoxy) is 1. The molecule has 216 valence electrons. The van der Waals surface area contributed by atoms with E-state index >= 15 is 0 Å². The second kappa shape index (κ2) is 12.3. The van der Waals surface area contributed by atoms with Gasteiger partial charge in [0.1, 0.15) is 5.52 Å². The molecular formula is C31H45N7O2. The average Bonchev–Trinajstić information content (AvgIpc) is 3.30. The summed E-state index contributed by atoms with van der Waals surface area (Å²) in [5, 5.41) is 16.4. The summed E-state index contributed by atoms with van der Waals surface area (Å²) in [6.07, 6.45) is 8.87. The Balaban J connectivity index is 1.45. The minimum absolute atomic E-state index is 0.0228. The Labute approximate surface area is 237 Å². The minimum Gasteiger partial charge on any atom is -0.395 e. The summed E-state index contributed by atoms with van der Waals surface area (Å²) in [6.45, 7) is 8.07. The summed E-state index contributed by atoms with van der Waals surface area (Å²) >= 11 is 0. The van der Waals surface area contributed by atoms with E-state index in [1.807, 2.05) is 0 Å². The van der Waals surface area contributed by atoms with Crippen LogP contribution in [0.2, 0.25) is 0 Å². The third-order valence-electron chi connectivity index (χ3n) is 9.35. The summed E-state index contributed by atoms with van der Waals surface area (Å²) in [5.41, 5.74) is 2.93. The van der Waals surface area contributed by atoms with Crippen molar-refractivity contribution in [1.29, 1.82) is 0 Å². The summed E-state index contributed by atoms with van der Waals surface area (Å²) in [6, 6.07) is 11.0. The van der Waals surface area contributed by atoms with E-state index in [1.165, 1.54) is 50.5 Å². The summed E-state index contributed by atoms with van der Waals surface area (Å²) < 4.78 is 8.42. The van der Waals surface area contributed by atoms with Crippen LogP contribution in [0, 0.1) is 17.8 Å². The summed E-state index contributed by atoms with van der Waals surface area (Å²) in [5.74, 6) is 4.38. The molecular weight excluding hydrogens is 502 g/mol. The third-order valence-corrected chi connectivity index (χ3v) is 9.35. The van der Waals surface area contributed by atoms with Crippen LogP contribution in [0.15, 0.2) is 30.3 Å². The van der Waals surface area contributed by atoms with Crippen LogP contribution in [0.3, 0.4) is 0 Å². The molecule has 0 radical (unpaired) electrons. The van der Waals surface area contributed by atoms with Crippen molar-refractivity contribution in [1.82, 2.24) is 19.5 Å². The molecule has 2 atom stereocenters. The molecule has 2 aliphatic carbocycles. The quantitative estimate of drug-likeness (QED) is 0.317. The first-order valence-electron chi connectivity index (χ1n) is 15.4. The lowest BCUT2D eigenvalue weighted by molar-refractivity contribution is 0.0927. The van der Waals surface area contributed by atoms with Crippen LogP contribution in [0.1, 0.15) is 70.4 Å². The zero-order valence-corrected chi connectivity index (χ0v) is 24.1. The lowest BCUT2D eigenvalue weighted by Crippen LogP contribution is -2.41. The number of benzene rings is 1. The maximum atomic E-state index is 9.45. The van der Waals surface area contributed by atoms with Gasteiger partial charge in [0.15, 0.2) is 11.5 Å². The molecule has 9 nitrogen and oxygen atoms in total. The van der Waals surface area contributed by atoms with Gasteiger partial charge < -0.3 is 29.9 Å². The molecule has 0 spiro atoms. The predicted molar refractivity (Wildman–Crippen MR) is 160 cm³/mol. The zero-order valence-electron chi connectivity index (χ0n) is 24.1. The SMILES string of the molecule is CC1CCC(Cn2c(N3CCOCC3c3ccccc3)nc3nc(NCCO)nc(NC(C)C4CCC4)c32)CC1. The van der Waals surface area contributed by atoms with Crippen LogP contribution in [0.25, 0.3) is 11.2 Å². The topological polar surface area (TPSA) is 100 Å². The van der Waals surface area contributed by atoms with Gasteiger partial charge in [-0.2, -0.15) is 15.0 Å². The van der Waals surface area contributed by atoms with Crippen molar-refractivity contribution >= 4 is 28.9 Å². The number of aliphatic hydroxyl groups is 1. The van der Waals surface area contributed by atoms with Gasteiger partial charge in [-0.3, -0.25) is 0 Å². The molecule has 3 fully saturated rings. The molecule has 2 aromatic heterocycles. The van der Waals surface area contributed by atoms with Crippen LogP contribution < -0.4 is 15.5 Å². The number of nitrogens with one attached hydrogen (secondary N) is 2. The third kappa shape index (κ3) is 5.77. The average molecular weight is 548 g/mol. The smallest absolute Gasteiger partial charge is 0.226 e. The lowest BCUT2D eigenvalue weighted by Gasteiger charge is -2.37. The fourth-order valence-electron chi connectivity index (χ4n) is 6.60. The first-order valence-corrected chi connectivity index (χ1v) is 15.4. The van der Waals surface area contributed by atoms with E-state index in [0.717, 1.165) is 36.3 Å². The Bertz CT molecular complexity index is 1250. The number of fused-ring (bicyclic) bond motifs is 1. The standard InChI is InChI=1S/C31H45N7O2/c1-21-11-13-23(14-12-21)19-38-27-28(33-22(2)24-9-6-10-24)34-30(32-15-17-39)35-29(27)36-31(38)37-16-18-40-20-26(37)25-7-4-3-5-8-25/h3-5,7-8,21-24,26,39H,6,9-20H2,1-2H3,(H2,32,33,34,35). The second-order valence-corrected chi connectivity index (χ2v) is 12.2. The zero-order chi connectivity index (χ0) is 27.5. The van der Waals surface area contributed by atoms with Gasteiger partial charge in [0.2, 0.25) is 11.9 Å². The fourth-order valence-corrected chi connectivity index (χ4v) is 6.60. The van der Waals surface area contributed by atoms with Crippen LogP contribution in [-0.2, 0) is 11.3 Å². The summed E-state index contributed by atoms with van der Waals surface area (Å²) in [7, 11) is 0. The Hall–Kier alpha value is -2.91. The molecule has 1 saturated heterocycles. The minimum atomic E-state index is 0.0228. The predicted octanol–water partition coefficient (Wildman–Crippen LogP) is 5.24. The Morgan fingerprint density at radius 1 is 1.05 bits per heavy atom. The number of anilines is 3. The number of nitrogens with zero attached hydrogens (tertiary/aromatic N) is 5. The number of hydrogen-bond donors (Lipinski definition) is 3. The van der Waals surface area contributed by atoms with Crippen molar-refractivity contribution in [3.8, 4) is 0 Å². The maximum Gasteiger partial charge on any atom is 0.226 e. The van der Waals surface area contributed by atoms with Crippen LogP contribution in [-0.4, -0.2) is 63.6 Å². The molecule has 40 heavy (non-hydrogen) atoms. The van der Waals surface area contributed by atoms with Gasteiger partial charge in [0.05, 0.1) is 25.9 Å². The first kappa shape index (κ1) is 27.3. The number of rotatable bonds is 10. The fraction of sp³-hybridized carbons (Fsp3) is 0.645. The maximum absolute atomic E-state index is 9.45. The van der Waals surface area contributed by atoms with Gasteiger partial charge in [-0.1, -0.05) is 56.5 Å². The Kier molecular flexibility index (Phi) is 8.39. The lowest BCUT2D eigenvalue weighted by atomic mass is 9.80. The number of morpholine rings is 1. The molecule has 0 bridgehead atoms. The largest absolute Gasteiger partial charge is 0.395 e. The van der Waals surface area contributed by atoms with Crippen LogP contribution in [0.5, 0.6) is 0 Å². The number of imidazole rings is 1. The van der Waals surface area contributed by atoms with E-state index in [-0.39, 0.29) is 12.6 Å². The Morgan fingerprint density at radius 2 is 1.85 bits per heavy atom. The molecule has 3 aromatic rings. The molecule has 1 aromatic carbocycles. The van der Waals surface area contributed by atoms with Gasteiger partial charge in [-0.25, -0.2) is 0 Å². The molecule has 3 N–H and O–H groups in total. The van der Waals surface area contributed by atoms with Crippen LogP contribution >= 0.6 is 0 Å². The number of hydrogen-bond acceptors (Lipinski definition) is 8. The Morgan fingerprint density at radius 3 is 2.58 bits per heavy atom. The van der Waals surface area contributed by atoms with Crippen molar-refractivity contribution < 1.29 is 9.84 Å². The number of aliphatic hydroxyl groups excluding tert-OH is 1. The molecule has 9 heteroatoms. The van der Waals surface area contributed by atoms with Gasteiger partial charge in [0.25, 0.3) is 0 Å². The van der Waals surface area contributed by atoms with Crippen molar-refractivity contribution in [2.24, 2.45) is 17.8 Å². The van der Waals surface area contributed by atoms with Crippen molar-refractivity contribution in [3.05, 3.63) is 35.9 Å². The van der Waals surface area contributed by atoms with E-state index in [9.17, 15) is 5.11 Å². The monoisotopic (exact) mass is 547 g/mol. The highest BCUT2D eigenvalue weighted by atomic mass is 16.5. The molecule has 2 unspecified atom stereocenters. The van der Waals surface area contributed by atoms with Gasteiger partial charge in [-0.15, -0.1) is 0 Å². The van der Waals surface area contributed by atoms with E-state index in [2.05, 4.69) is 64.3 Å². The van der Waals surface area contributed by atoms with Crippen molar-refractivity contribution in [2.75, 3.05) is 48.4 Å². The highest BCUT2D eigenvalue weighted by molar-refractivity contribution is 5.87.